The van der Waals surface area contributed by atoms with Gasteiger partial charge in [-0.1, -0.05) is 5.16 Å². The van der Waals surface area contributed by atoms with Crippen LogP contribution in [0.3, 0.4) is 0 Å². The molecule has 0 saturated heterocycles. The van der Waals surface area contributed by atoms with E-state index >= 15 is 0 Å². The van der Waals surface area contributed by atoms with Gasteiger partial charge in [0.15, 0.2) is 17.1 Å². The van der Waals surface area contributed by atoms with E-state index in [0.29, 0.717) is 16.9 Å². The maximum Gasteiger partial charge on any atom is 0.434 e. The quantitative estimate of drug-likeness (QED) is 0.473. The summed E-state index contributed by atoms with van der Waals surface area (Å²) < 4.78 is 10.2. The molecule has 0 unspecified atom stereocenters. The van der Waals surface area contributed by atoms with Crippen LogP contribution in [0, 0.1) is 10.1 Å². The Balaban J connectivity index is 2.63. The van der Waals surface area contributed by atoms with Crippen LogP contribution in [0.25, 0.3) is 11.0 Å². The average Bonchev–Trinajstić information content (AvgIpc) is 2.81. The van der Waals surface area contributed by atoms with E-state index in [4.69, 9.17) is 14.0 Å². The lowest BCUT2D eigenvalue weighted by Gasteiger charge is -2.02. The highest BCUT2D eigenvalue weighted by molar-refractivity contribution is 5.90. The summed E-state index contributed by atoms with van der Waals surface area (Å²) in [4.78, 5) is 15.2. The second-order valence-electron chi connectivity index (χ2n) is 3.31. The first-order valence-corrected chi connectivity index (χ1v) is 5.07. The lowest BCUT2D eigenvalue weighted by Crippen LogP contribution is -1.87. The highest BCUT2D eigenvalue weighted by Gasteiger charge is 2.20. The van der Waals surface area contributed by atoms with Crippen molar-refractivity contribution in [1.29, 1.82) is 0 Å². The zero-order valence-corrected chi connectivity index (χ0v) is 9.75. The van der Waals surface area contributed by atoms with Crippen molar-refractivity contribution in [1.82, 2.24) is 0 Å². The molecule has 2 aromatic rings. The Labute approximate surface area is 102 Å². The van der Waals surface area contributed by atoms with Gasteiger partial charge in [-0.3, -0.25) is 10.1 Å². The number of oxime groups is 1. The van der Waals surface area contributed by atoms with Crippen LogP contribution in [-0.2, 0) is 0 Å². The van der Waals surface area contributed by atoms with Crippen molar-refractivity contribution in [3.63, 3.8) is 0 Å². The van der Waals surface area contributed by atoms with E-state index in [9.17, 15) is 10.1 Å². The fraction of sp³-hybridized carbons (Fsp3) is 0.182. The molecule has 2 rings (SSSR count). The lowest BCUT2D eigenvalue weighted by atomic mass is 10.2. The number of furan rings is 1. The molecule has 0 saturated carbocycles. The third kappa shape index (κ3) is 1.97. The second kappa shape index (κ2) is 4.74. The molecular formula is C11H10N2O5. The number of hydrogen-bond donors (Lipinski definition) is 0. The second-order valence-corrected chi connectivity index (χ2v) is 3.31. The van der Waals surface area contributed by atoms with E-state index in [1.54, 1.807) is 19.1 Å². The number of hydrogen-bond acceptors (Lipinski definition) is 6. The first-order chi connectivity index (χ1) is 8.67. The molecule has 0 amide bonds. The summed E-state index contributed by atoms with van der Waals surface area (Å²) in [6.07, 6.45) is 1.46. The Morgan fingerprint density at radius 2 is 2.17 bits per heavy atom. The number of fused-ring (bicyclic) bond motifs is 1. The van der Waals surface area contributed by atoms with Crippen molar-refractivity contribution >= 4 is 23.1 Å². The molecule has 7 nitrogen and oxygen atoms in total. The normalized spacial score (nSPS) is 11.0. The minimum atomic E-state index is -0.619. The lowest BCUT2D eigenvalue weighted by molar-refractivity contribution is -0.401. The average molecular weight is 250 g/mol. The molecule has 0 aliphatic heterocycles. The Kier molecular flexibility index (Phi) is 3.13. The van der Waals surface area contributed by atoms with E-state index in [1.165, 1.54) is 19.4 Å². The van der Waals surface area contributed by atoms with Gasteiger partial charge in [-0.25, -0.2) is 0 Å². The minimum Gasteiger partial charge on any atom is -0.493 e. The molecule has 18 heavy (non-hydrogen) atoms. The van der Waals surface area contributed by atoms with Gasteiger partial charge >= 0.3 is 5.88 Å². The third-order valence-electron chi connectivity index (χ3n) is 2.25. The first-order valence-electron chi connectivity index (χ1n) is 5.07. The van der Waals surface area contributed by atoms with E-state index in [0.717, 1.165) is 0 Å². The minimum absolute atomic E-state index is 0.257. The fourth-order valence-electron chi connectivity index (χ4n) is 1.50. The Morgan fingerprint density at radius 3 is 2.78 bits per heavy atom. The molecule has 0 fully saturated rings. The number of ether oxygens (including phenoxy) is 1. The van der Waals surface area contributed by atoms with Crippen molar-refractivity contribution in [3.05, 3.63) is 28.3 Å². The van der Waals surface area contributed by atoms with Gasteiger partial charge in [0.1, 0.15) is 4.92 Å². The summed E-state index contributed by atoms with van der Waals surface area (Å²) >= 11 is 0. The van der Waals surface area contributed by atoms with Crippen molar-refractivity contribution in [3.8, 4) is 11.5 Å². The van der Waals surface area contributed by atoms with Crippen LogP contribution in [-0.4, -0.2) is 18.2 Å². The van der Waals surface area contributed by atoms with Crippen LogP contribution in [0.4, 0.5) is 5.88 Å². The van der Waals surface area contributed by atoms with Crippen molar-refractivity contribution in [2.75, 3.05) is 7.11 Å². The van der Waals surface area contributed by atoms with E-state index < -0.39 is 4.92 Å². The highest BCUT2D eigenvalue weighted by Crippen LogP contribution is 2.38. The molecule has 1 aromatic heterocycles. The molecule has 1 heterocycles. The van der Waals surface area contributed by atoms with Crippen LogP contribution in [0.5, 0.6) is 11.5 Å². The van der Waals surface area contributed by atoms with Gasteiger partial charge in [0, 0.05) is 6.21 Å². The topological polar surface area (TPSA) is 87.1 Å². The fourth-order valence-corrected chi connectivity index (χ4v) is 1.50. The van der Waals surface area contributed by atoms with Crippen LogP contribution in [0.15, 0.2) is 27.8 Å². The van der Waals surface area contributed by atoms with Gasteiger partial charge < -0.3 is 14.0 Å². The Bertz CT molecular complexity index is 617. The van der Waals surface area contributed by atoms with Crippen LogP contribution < -0.4 is 9.57 Å². The molecule has 0 N–H and O–H groups in total. The molecule has 0 radical (unpaired) electrons. The Morgan fingerprint density at radius 1 is 1.44 bits per heavy atom. The smallest absolute Gasteiger partial charge is 0.434 e. The standard InChI is InChI=1S/C11H10N2O5/c1-3-12-18-8-4-5-9(16-2)11-7(8)6-10(17-11)13(14)15/h3-6H,1-2H3/b12-3+. The van der Waals surface area contributed by atoms with E-state index in [2.05, 4.69) is 5.16 Å². The summed E-state index contributed by atoms with van der Waals surface area (Å²) in [5.41, 5.74) is 0.257. The van der Waals surface area contributed by atoms with Crippen molar-refractivity contribution in [2.45, 2.75) is 6.92 Å². The summed E-state index contributed by atoms with van der Waals surface area (Å²) in [5, 5.41) is 14.8. The summed E-state index contributed by atoms with van der Waals surface area (Å²) in [6, 6.07) is 4.47. The summed E-state index contributed by atoms with van der Waals surface area (Å²) in [7, 11) is 1.45. The SMILES string of the molecule is C/C=N/Oc1ccc(OC)c2oc([N+](=O)[O-])cc12. The number of nitrogens with zero attached hydrogens (tertiary/aromatic N) is 2. The first kappa shape index (κ1) is 11.9. The van der Waals surface area contributed by atoms with Gasteiger partial charge in [0.05, 0.1) is 18.6 Å². The van der Waals surface area contributed by atoms with Gasteiger partial charge in [0.2, 0.25) is 0 Å². The molecule has 7 heteroatoms. The van der Waals surface area contributed by atoms with Gasteiger partial charge in [-0.2, -0.15) is 0 Å². The van der Waals surface area contributed by atoms with E-state index in [1.807, 2.05) is 0 Å². The molecule has 0 spiro atoms. The number of rotatable bonds is 4. The number of nitro groups is 1. The maximum atomic E-state index is 10.7. The summed E-state index contributed by atoms with van der Waals surface area (Å²) in [5.74, 6) is 0.381. The Hall–Kier alpha value is -2.57. The zero-order valence-electron chi connectivity index (χ0n) is 9.75. The maximum absolute atomic E-state index is 10.7. The van der Waals surface area contributed by atoms with Gasteiger partial charge in [0.25, 0.3) is 0 Å². The van der Waals surface area contributed by atoms with Crippen molar-refractivity contribution in [2.24, 2.45) is 5.16 Å². The summed E-state index contributed by atoms with van der Waals surface area (Å²) in [6.45, 7) is 1.69. The molecular weight excluding hydrogens is 240 g/mol. The predicted molar refractivity (Wildman–Crippen MR) is 64.2 cm³/mol. The molecule has 94 valence electrons. The monoisotopic (exact) mass is 250 g/mol. The molecule has 0 atom stereocenters. The predicted octanol–water partition coefficient (Wildman–Crippen LogP) is 2.73. The third-order valence-corrected chi connectivity index (χ3v) is 2.25. The molecule has 0 aliphatic rings. The van der Waals surface area contributed by atoms with Gasteiger partial charge in [-0.15, -0.1) is 0 Å². The van der Waals surface area contributed by atoms with E-state index in [-0.39, 0.29) is 11.5 Å². The zero-order chi connectivity index (χ0) is 13.1. The molecule has 1 aromatic carbocycles. The highest BCUT2D eigenvalue weighted by atomic mass is 16.7. The van der Waals surface area contributed by atoms with Crippen LogP contribution in [0.1, 0.15) is 6.92 Å². The van der Waals surface area contributed by atoms with Crippen LogP contribution in [0.2, 0.25) is 0 Å². The number of methoxy groups -OCH3 is 1. The van der Waals surface area contributed by atoms with Gasteiger partial charge in [-0.05, 0) is 19.1 Å². The number of benzene rings is 1. The molecule has 0 bridgehead atoms. The van der Waals surface area contributed by atoms with Crippen molar-refractivity contribution < 1.29 is 18.9 Å². The molecule has 0 aliphatic carbocycles. The largest absolute Gasteiger partial charge is 0.493 e. The van der Waals surface area contributed by atoms with Crippen LogP contribution >= 0.6 is 0 Å².